The van der Waals surface area contributed by atoms with E-state index in [1.807, 2.05) is 0 Å². The largest absolute Gasteiger partial charge is 0.459 e. The maximum atomic E-state index is 13.6. The number of sulfone groups is 1. The molecule has 0 aliphatic carbocycles. The zero-order valence-corrected chi connectivity index (χ0v) is 16.7. The summed E-state index contributed by atoms with van der Waals surface area (Å²) >= 11 is 0. The van der Waals surface area contributed by atoms with Crippen molar-refractivity contribution in [2.45, 2.75) is 11.1 Å². The van der Waals surface area contributed by atoms with E-state index in [9.17, 15) is 31.2 Å². The van der Waals surface area contributed by atoms with Gasteiger partial charge in [0, 0.05) is 17.5 Å². The number of hydrogen-bond donors (Lipinski definition) is 2. The van der Waals surface area contributed by atoms with Crippen molar-refractivity contribution in [2.24, 2.45) is 0 Å². The summed E-state index contributed by atoms with van der Waals surface area (Å²) in [5.74, 6) is -1.76. The normalized spacial score (nSPS) is 11.7. The van der Waals surface area contributed by atoms with Gasteiger partial charge in [-0.25, -0.2) is 8.42 Å². The molecule has 2 amide bonds. The van der Waals surface area contributed by atoms with E-state index in [-0.39, 0.29) is 21.9 Å². The second-order valence-electron chi connectivity index (χ2n) is 6.44. The highest BCUT2D eigenvalue weighted by Gasteiger charge is 2.34. The molecule has 2 N–H and O–H groups in total. The molecule has 3 rings (SSSR count). The molecular formula is C20H15F3N2O5S. The topological polar surface area (TPSA) is 105 Å². The maximum absolute atomic E-state index is 13.6. The molecule has 31 heavy (non-hydrogen) atoms. The van der Waals surface area contributed by atoms with Crippen LogP contribution >= 0.6 is 0 Å². The summed E-state index contributed by atoms with van der Waals surface area (Å²) in [6.45, 7) is 0. The summed E-state index contributed by atoms with van der Waals surface area (Å²) in [6.07, 6.45) is -2.66. The predicted octanol–water partition coefficient (Wildman–Crippen LogP) is 4.21. The van der Waals surface area contributed by atoms with Crippen molar-refractivity contribution in [3.05, 3.63) is 77.7 Å². The van der Waals surface area contributed by atoms with Gasteiger partial charge in [0.25, 0.3) is 11.8 Å². The number of carbonyl (C=O) groups is 2. The number of alkyl halides is 3. The van der Waals surface area contributed by atoms with Crippen LogP contribution in [0.4, 0.5) is 24.5 Å². The minimum atomic E-state index is -4.84. The molecule has 0 spiro atoms. The molecule has 0 aliphatic heterocycles. The van der Waals surface area contributed by atoms with Crippen LogP contribution in [0, 0.1) is 0 Å². The van der Waals surface area contributed by atoms with Crippen LogP contribution in [0.3, 0.4) is 0 Å². The van der Waals surface area contributed by atoms with E-state index in [2.05, 4.69) is 10.6 Å². The summed E-state index contributed by atoms with van der Waals surface area (Å²) in [4.78, 5) is 24.3. The van der Waals surface area contributed by atoms with E-state index in [4.69, 9.17) is 4.42 Å². The van der Waals surface area contributed by atoms with E-state index in [1.54, 1.807) is 0 Å². The summed E-state index contributed by atoms with van der Waals surface area (Å²) in [7, 11) is -3.61. The lowest BCUT2D eigenvalue weighted by atomic mass is 10.1. The minimum absolute atomic E-state index is 0.0864. The minimum Gasteiger partial charge on any atom is -0.459 e. The van der Waals surface area contributed by atoms with Gasteiger partial charge >= 0.3 is 6.18 Å². The van der Waals surface area contributed by atoms with Gasteiger partial charge in [0.05, 0.1) is 22.4 Å². The fourth-order valence-corrected chi connectivity index (χ4v) is 3.30. The Hall–Kier alpha value is -3.60. The predicted molar refractivity (Wildman–Crippen MR) is 106 cm³/mol. The number of carbonyl (C=O) groups excluding carboxylic acids is 2. The van der Waals surface area contributed by atoms with E-state index in [0.29, 0.717) is 6.07 Å². The first-order valence-corrected chi connectivity index (χ1v) is 10.5. The fraction of sp³-hybridized carbons (Fsp3) is 0.100. The molecule has 0 saturated heterocycles. The highest BCUT2D eigenvalue weighted by Crippen LogP contribution is 2.37. The average molecular weight is 452 g/mol. The van der Waals surface area contributed by atoms with Crippen molar-refractivity contribution in [3.8, 4) is 0 Å². The second kappa shape index (κ2) is 8.26. The Labute approximate surface area is 174 Å². The lowest BCUT2D eigenvalue weighted by molar-refractivity contribution is -0.136. The molecule has 0 radical (unpaired) electrons. The molecule has 0 atom stereocenters. The van der Waals surface area contributed by atoms with Gasteiger partial charge in [0.15, 0.2) is 15.6 Å². The molecule has 0 aliphatic rings. The molecule has 0 unspecified atom stereocenters. The highest BCUT2D eigenvalue weighted by molar-refractivity contribution is 7.90. The molecule has 2 aromatic carbocycles. The first kappa shape index (κ1) is 22.1. The number of nitrogens with one attached hydrogen (secondary N) is 2. The van der Waals surface area contributed by atoms with Crippen LogP contribution in [0.15, 0.2) is 70.2 Å². The number of anilines is 2. The smallest absolute Gasteiger partial charge is 0.418 e. The summed E-state index contributed by atoms with van der Waals surface area (Å²) in [6, 6.07) is 10.5. The standard InChI is InChI=1S/C20H15F3N2O5S/c1-31(28,29)14-5-2-4-12(10-14)18(26)25-16-8-7-13(11-15(16)20(21,22)23)24-19(27)17-6-3-9-30-17/h2-11H,1H3,(H,24,27)(H,25,26). The molecule has 1 aromatic heterocycles. The van der Waals surface area contributed by atoms with Gasteiger partial charge in [-0.15, -0.1) is 0 Å². The molecule has 0 bridgehead atoms. The van der Waals surface area contributed by atoms with Crippen molar-refractivity contribution >= 4 is 33.0 Å². The summed E-state index contributed by atoms with van der Waals surface area (Å²) in [5, 5.41) is 4.42. The number of furan rings is 1. The van der Waals surface area contributed by atoms with Crippen LogP contribution in [-0.4, -0.2) is 26.5 Å². The number of rotatable bonds is 5. The Morgan fingerprint density at radius 3 is 2.29 bits per heavy atom. The third kappa shape index (κ3) is 5.31. The van der Waals surface area contributed by atoms with Crippen LogP contribution < -0.4 is 10.6 Å². The van der Waals surface area contributed by atoms with Crippen molar-refractivity contribution in [1.29, 1.82) is 0 Å². The molecule has 162 valence electrons. The number of hydrogen-bond acceptors (Lipinski definition) is 5. The summed E-state index contributed by atoms with van der Waals surface area (Å²) in [5.41, 5.74) is -2.05. The van der Waals surface area contributed by atoms with Gasteiger partial charge in [-0.05, 0) is 48.5 Å². The van der Waals surface area contributed by atoms with Crippen LogP contribution in [0.5, 0.6) is 0 Å². The van der Waals surface area contributed by atoms with Gasteiger partial charge in [0.1, 0.15) is 0 Å². The Balaban J connectivity index is 1.89. The molecule has 7 nitrogen and oxygen atoms in total. The average Bonchev–Trinajstić information content (AvgIpc) is 3.23. The molecule has 0 fully saturated rings. The quantitative estimate of drug-likeness (QED) is 0.604. The Kier molecular flexibility index (Phi) is 5.89. The third-order valence-electron chi connectivity index (χ3n) is 4.10. The zero-order chi connectivity index (χ0) is 22.8. The van der Waals surface area contributed by atoms with E-state index >= 15 is 0 Å². The number of halogens is 3. The van der Waals surface area contributed by atoms with Crippen LogP contribution in [0.25, 0.3) is 0 Å². The van der Waals surface area contributed by atoms with Gasteiger partial charge < -0.3 is 15.1 Å². The molecule has 0 saturated carbocycles. The Bertz CT molecular complexity index is 1240. The van der Waals surface area contributed by atoms with E-state index in [1.165, 1.54) is 42.7 Å². The first-order valence-electron chi connectivity index (χ1n) is 8.63. The van der Waals surface area contributed by atoms with E-state index in [0.717, 1.165) is 18.4 Å². The van der Waals surface area contributed by atoms with E-state index < -0.39 is 39.1 Å². The van der Waals surface area contributed by atoms with Crippen LogP contribution in [0.1, 0.15) is 26.5 Å². The molecule has 1 heterocycles. The zero-order valence-electron chi connectivity index (χ0n) is 15.9. The third-order valence-corrected chi connectivity index (χ3v) is 5.21. The van der Waals surface area contributed by atoms with Crippen molar-refractivity contribution in [1.82, 2.24) is 0 Å². The lowest BCUT2D eigenvalue weighted by Gasteiger charge is -2.16. The number of benzene rings is 2. The SMILES string of the molecule is CS(=O)(=O)c1cccc(C(=O)Nc2ccc(NC(=O)c3ccco3)cc2C(F)(F)F)c1. The van der Waals surface area contributed by atoms with Gasteiger partial charge in [-0.1, -0.05) is 6.07 Å². The van der Waals surface area contributed by atoms with Gasteiger partial charge in [0.2, 0.25) is 0 Å². The Morgan fingerprint density at radius 2 is 1.68 bits per heavy atom. The van der Waals surface area contributed by atoms with Gasteiger partial charge in [-0.3, -0.25) is 9.59 Å². The molecule has 11 heteroatoms. The maximum Gasteiger partial charge on any atom is 0.418 e. The lowest BCUT2D eigenvalue weighted by Crippen LogP contribution is -2.18. The van der Waals surface area contributed by atoms with Crippen molar-refractivity contribution in [2.75, 3.05) is 16.9 Å². The Morgan fingerprint density at radius 1 is 0.935 bits per heavy atom. The summed E-state index contributed by atoms with van der Waals surface area (Å²) < 4.78 is 68.8. The van der Waals surface area contributed by atoms with Gasteiger partial charge in [-0.2, -0.15) is 13.2 Å². The van der Waals surface area contributed by atoms with Crippen molar-refractivity contribution in [3.63, 3.8) is 0 Å². The number of amides is 2. The highest BCUT2D eigenvalue weighted by atomic mass is 32.2. The molecule has 3 aromatic rings. The second-order valence-corrected chi connectivity index (χ2v) is 8.46. The van der Waals surface area contributed by atoms with Crippen LogP contribution in [-0.2, 0) is 16.0 Å². The first-order chi connectivity index (χ1) is 14.4. The molecular weight excluding hydrogens is 437 g/mol. The fourth-order valence-electron chi connectivity index (χ4n) is 2.63. The van der Waals surface area contributed by atoms with Crippen molar-refractivity contribution < 1.29 is 35.6 Å². The van der Waals surface area contributed by atoms with Crippen LogP contribution in [0.2, 0.25) is 0 Å². The monoisotopic (exact) mass is 452 g/mol.